The molecule has 100 valence electrons. The summed E-state index contributed by atoms with van der Waals surface area (Å²) >= 11 is 0. The van der Waals surface area contributed by atoms with Gasteiger partial charge in [0.2, 0.25) is 0 Å². The molecule has 1 saturated heterocycles. The normalized spacial score (nSPS) is 30.4. The quantitative estimate of drug-likeness (QED) is 0.876. The molecule has 1 saturated carbocycles. The number of rotatable bonds is 2. The molecule has 1 aliphatic heterocycles. The summed E-state index contributed by atoms with van der Waals surface area (Å²) in [4.78, 5) is 0. The van der Waals surface area contributed by atoms with Crippen molar-refractivity contribution in [1.29, 1.82) is 0 Å². The topological polar surface area (TPSA) is 42.6 Å². The van der Waals surface area contributed by atoms with Gasteiger partial charge in [0.05, 0.1) is 23.7 Å². The lowest BCUT2D eigenvalue weighted by Gasteiger charge is -2.43. The second kappa shape index (κ2) is 4.39. The van der Waals surface area contributed by atoms with Crippen molar-refractivity contribution in [2.45, 2.75) is 56.7 Å². The average Bonchev–Trinajstić information content (AvgIpc) is 3.01. The molecule has 0 bridgehead atoms. The third-order valence-electron chi connectivity index (χ3n) is 4.91. The molecule has 1 aromatic heterocycles. The molecule has 1 aliphatic carbocycles. The van der Waals surface area contributed by atoms with Crippen molar-refractivity contribution in [2.24, 2.45) is 5.92 Å². The molecule has 1 spiro atoms. The van der Waals surface area contributed by atoms with Gasteiger partial charge in [0.1, 0.15) is 0 Å². The summed E-state index contributed by atoms with van der Waals surface area (Å²) in [5.41, 5.74) is 0.144. The predicted octanol–water partition coefficient (Wildman–Crippen LogP) is 3.23. The Bertz CT molecular complexity index is 388. The van der Waals surface area contributed by atoms with Gasteiger partial charge in [0.15, 0.2) is 0 Å². The second-order valence-electron chi connectivity index (χ2n) is 6.09. The first-order valence-corrected chi connectivity index (χ1v) is 7.01. The van der Waals surface area contributed by atoms with Crippen LogP contribution in [0.5, 0.6) is 0 Å². The van der Waals surface area contributed by atoms with E-state index in [1.165, 1.54) is 12.8 Å². The number of aliphatic hydroxyl groups is 1. The highest BCUT2D eigenvalue weighted by Gasteiger charge is 2.46. The van der Waals surface area contributed by atoms with Crippen molar-refractivity contribution in [3.05, 3.63) is 24.2 Å². The summed E-state index contributed by atoms with van der Waals surface area (Å²) in [7, 11) is 0. The maximum absolute atomic E-state index is 10.8. The van der Waals surface area contributed by atoms with Crippen molar-refractivity contribution in [3.8, 4) is 0 Å². The van der Waals surface area contributed by atoms with Gasteiger partial charge in [-0.3, -0.25) is 0 Å². The summed E-state index contributed by atoms with van der Waals surface area (Å²) in [5, 5.41) is 10.8. The molecule has 0 aromatic carbocycles. The Morgan fingerprint density at radius 1 is 1.39 bits per heavy atom. The van der Waals surface area contributed by atoms with E-state index in [9.17, 15) is 5.11 Å². The summed E-state index contributed by atoms with van der Waals surface area (Å²) in [6, 6.07) is 1.87. The number of hydrogen-bond acceptors (Lipinski definition) is 3. The number of ether oxygens (including phenoxy) is 1. The summed E-state index contributed by atoms with van der Waals surface area (Å²) in [5.74, 6) is 0.266. The lowest BCUT2D eigenvalue weighted by Crippen LogP contribution is -2.44. The lowest BCUT2D eigenvalue weighted by molar-refractivity contribution is -0.138. The molecular weight excluding hydrogens is 228 g/mol. The molecule has 1 N–H and O–H groups in total. The Labute approximate surface area is 108 Å². The van der Waals surface area contributed by atoms with E-state index in [0.717, 1.165) is 37.9 Å². The summed E-state index contributed by atoms with van der Waals surface area (Å²) in [6.45, 7) is 2.69. The van der Waals surface area contributed by atoms with E-state index in [1.54, 1.807) is 12.5 Å². The molecule has 2 aliphatic rings. The fraction of sp³-hybridized carbons (Fsp3) is 0.733. The SMILES string of the molecule is CC(O)(c1ccoc1)C1CCOC2(CCCC2)C1. The van der Waals surface area contributed by atoms with Crippen LogP contribution in [0.15, 0.2) is 23.0 Å². The van der Waals surface area contributed by atoms with Crippen molar-refractivity contribution in [1.82, 2.24) is 0 Å². The first-order chi connectivity index (χ1) is 8.62. The Morgan fingerprint density at radius 3 is 2.83 bits per heavy atom. The molecule has 0 amide bonds. The highest BCUT2D eigenvalue weighted by Crippen LogP contribution is 2.47. The van der Waals surface area contributed by atoms with Gasteiger partial charge in [-0.1, -0.05) is 12.8 Å². The zero-order valence-electron chi connectivity index (χ0n) is 11.0. The molecular formula is C15H22O3. The molecule has 3 nitrogen and oxygen atoms in total. The monoisotopic (exact) mass is 250 g/mol. The minimum Gasteiger partial charge on any atom is -0.472 e. The van der Waals surface area contributed by atoms with Gasteiger partial charge in [-0.15, -0.1) is 0 Å². The second-order valence-corrected chi connectivity index (χ2v) is 6.09. The first-order valence-electron chi connectivity index (χ1n) is 7.01. The molecule has 2 fully saturated rings. The van der Waals surface area contributed by atoms with Crippen molar-refractivity contribution in [3.63, 3.8) is 0 Å². The van der Waals surface area contributed by atoms with Gasteiger partial charge in [-0.25, -0.2) is 0 Å². The van der Waals surface area contributed by atoms with E-state index in [2.05, 4.69) is 0 Å². The van der Waals surface area contributed by atoms with Crippen LogP contribution in [0, 0.1) is 5.92 Å². The van der Waals surface area contributed by atoms with E-state index >= 15 is 0 Å². The van der Waals surface area contributed by atoms with Crippen LogP contribution in [0.2, 0.25) is 0 Å². The minimum absolute atomic E-state index is 0.0522. The highest BCUT2D eigenvalue weighted by atomic mass is 16.5. The van der Waals surface area contributed by atoms with Gasteiger partial charge in [0.25, 0.3) is 0 Å². The van der Waals surface area contributed by atoms with Gasteiger partial charge < -0.3 is 14.3 Å². The van der Waals surface area contributed by atoms with Crippen LogP contribution >= 0.6 is 0 Å². The first kappa shape index (κ1) is 12.2. The van der Waals surface area contributed by atoms with Gasteiger partial charge in [-0.05, 0) is 44.6 Å². The largest absolute Gasteiger partial charge is 0.472 e. The van der Waals surface area contributed by atoms with Crippen LogP contribution in [0.3, 0.4) is 0 Å². The van der Waals surface area contributed by atoms with Gasteiger partial charge in [0, 0.05) is 12.2 Å². The highest BCUT2D eigenvalue weighted by molar-refractivity contribution is 5.17. The minimum atomic E-state index is -0.799. The number of furan rings is 1. The summed E-state index contributed by atoms with van der Waals surface area (Å²) < 4.78 is 11.2. The zero-order chi connectivity index (χ0) is 12.6. The van der Waals surface area contributed by atoms with E-state index in [4.69, 9.17) is 9.15 Å². The third kappa shape index (κ3) is 1.99. The molecule has 0 radical (unpaired) electrons. The van der Waals surface area contributed by atoms with Gasteiger partial charge >= 0.3 is 0 Å². The van der Waals surface area contributed by atoms with Crippen molar-refractivity contribution in [2.75, 3.05) is 6.61 Å². The molecule has 1 aromatic rings. The van der Waals surface area contributed by atoms with Crippen LogP contribution in [-0.2, 0) is 10.3 Å². The Balaban J connectivity index is 1.79. The molecule has 2 heterocycles. The molecule has 18 heavy (non-hydrogen) atoms. The van der Waals surface area contributed by atoms with Crippen molar-refractivity contribution >= 4 is 0 Å². The molecule has 2 atom stereocenters. The van der Waals surface area contributed by atoms with E-state index < -0.39 is 5.60 Å². The third-order valence-corrected chi connectivity index (χ3v) is 4.91. The smallest absolute Gasteiger partial charge is 0.0963 e. The van der Waals surface area contributed by atoms with E-state index in [0.29, 0.717) is 0 Å². The van der Waals surface area contributed by atoms with Crippen LogP contribution in [0.4, 0.5) is 0 Å². The Hall–Kier alpha value is -0.800. The standard InChI is InChI=1S/C15H22O3/c1-14(16,13-4-8-17-11-13)12-5-9-18-15(10-12)6-2-3-7-15/h4,8,11-12,16H,2-3,5-7,9-10H2,1H3. The number of hydrogen-bond donors (Lipinski definition) is 1. The Morgan fingerprint density at radius 2 is 2.17 bits per heavy atom. The van der Waals surface area contributed by atoms with Gasteiger partial charge in [-0.2, -0.15) is 0 Å². The van der Waals surface area contributed by atoms with Crippen LogP contribution in [0.25, 0.3) is 0 Å². The maximum Gasteiger partial charge on any atom is 0.0963 e. The summed E-state index contributed by atoms with van der Waals surface area (Å²) in [6.07, 6.45) is 10.0. The van der Waals surface area contributed by atoms with E-state index in [1.807, 2.05) is 13.0 Å². The Kier molecular flexibility index (Phi) is 2.99. The fourth-order valence-corrected chi connectivity index (χ4v) is 3.66. The van der Waals surface area contributed by atoms with Crippen LogP contribution < -0.4 is 0 Å². The fourth-order valence-electron chi connectivity index (χ4n) is 3.66. The van der Waals surface area contributed by atoms with Crippen LogP contribution in [-0.4, -0.2) is 17.3 Å². The molecule has 3 heteroatoms. The van der Waals surface area contributed by atoms with E-state index in [-0.39, 0.29) is 11.5 Å². The molecule has 3 rings (SSSR count). The molecule has 2 unspecified atom stereocenters. The average molecular weight is 250 g/mol. The van der Waals surface area contributed by atoms with Crippen molar-refractivity contribution < 1.29 is 14.3 Å². The maximum atomic E-state index is 10.8. The zero-order valence-corrected chi connectivity index (χ0v) is 11.0. The predicted molar refractivity (Wildman–Crippen MR) is 68.2 cm³/mol. The van der Waals surface area contributed by atoms with Crippen LogP contribution in [0.1, 0.15) is 51.0 Å². The lowest BCUT2D eigenvalue weighted by atomic mass is 9.73.